The molecule has 0 bridgehead atoms. The van der Waals surface area contributed by atoms with E-state index in [4.69, 9.17) is 51.2 Å². The molecule has 3 aromatic rings. The van der Waals surface area contributed by atoms with Crippen molar-refractivity contribution in [2.45, 2.75) is 12.1 Å². The number of carbonyl (C=O) groups is 2. The van der Waals surface area contributed by atoms with E-state index in [0.717, 1.165) is 4.90 Å². The van der Waals surface area contributed by atoms with Crippen molar-refractivity contribution in [3.8, 4) is 0 Å². The van der Waals surface area contributed by atoms with Crippen molar-refractivity contribution in [3.05, 3.63) is 92.4 Å². The van der Waals surface area contributed by atoms with Crippen LogP contribution in [0.5, 0.6) is 0 Å². The SMILES string of the molecule is O=C1[C@@H]2[C@@H](ON(c3ccccc3)[C@H]2c2ccc(Cl)cc2Cl)C(=O)N1c1c(Cl)cccc1Cl. The van der Waals surface area contributed by atoms with Gasteiger partial charge in [-0.3, -0.25) is 14.4 Å². The zero-order valence-electron chi connectivity index (χ0n) is 16.2. The Kier molecular flexibility index (Phi) is 5.56. The van der Waals surface area contributed by atoms with Gasteiger partial charge in [-0.2, -0.15) is 0 Å². The van der Waals surface area contributed by atoms with Crippen molar-refractivity contribution < 1.29 is 14.4 Å². The van der Waals surface area contributed by atoms with E-state index in [9.17, 15) is 9.59 Å². The number of nitrogens with zero attached hydrogens (tertiary/aromatic N) is 2. The number of hydrogen-bond acceptors (Lipinski definition) is 4. The zero-order valence-corrected chi connectivity index (χ0v) is 19.2. The number of para-hydroxylation sites is 2. The fraction of sp³-hybridized carbons (Fsp3) is 0.130. The molecule has 2 heterocycles. The fourth-order valence-corrected chi connectivity index (χ4v) is 5.28. The lowest BCUT2D eigenvalue weighted by molar-refractivity contribution is -0.126. The molecular formula is C23H14Cl4N2O3. The first-order chi connectivity index (χ1) is 15.4. The van der Waals surface area contributed by atoms with Crippen molar-refractivity contribution in [1.82, 2.24) is 0 Å². The molecule has 0 radical (unpaired) electrons. The molecule has 0 spiro atoms. The zero-order chi connectivity index (χ0) is 22.6. The molecule has 0 N–H and O–H groups in total. The van der Waals surface area contributed by atoms with E-state index >= 15 is 0 Å². The lowest BCUT2D eigenvalue weighted by Gasteiger charge is -2.29. The van der Waals surface area contributed by atoms with E-state index in [2.05, 4.69) is 0 Å². The van der Waals surface area contributed by atoms with E-state index in [1.165, 1.54) is 0 Å². The molecule has 3 atom stereocenters. The molecule has 3 aromatic carbocycles. The quantitative estimate of drug-likeness (QED) is 0.387. The molecule has 5 rings (SSSR count). The summed E-state index contributed by atoms with van der Waals surface area (Å²) in [5.74, 6) is -1.87. The van der Waals surface area contributed by atoms with Crippen molar-refractivity contribution in [1.29, 1.82) is 0 Å². The summed E-state index contributed by atoms with van der Waals surface area (Å²) in [5.41, 5.74) is 1.44. The summed E-state index contributed by atoms with van der Waals surface area (Å²) in [6, 6.07) is 18.3. The van der Waals surface area contributed by atoms with Gasteiger partial charge >= 0.3 is 0 Å². The van der Waals surface area contributed by atoms with Gasteiger partial charge in [0.1, 0.15) is 5.92 Å². The van der Waals surface area contributed by atoms with Gasteiger partial charge in [-0.1, -0.05) is 76.7 Å². The van der Waals surface area contributed by atoms with Gasteiger partial charge in [0.15, 0.2) is 6.10 Å². The predicted octanol–water partition coefficient (Wildman–Crippen LogP) is 6.35. The average molecular weight is 508 g/mol. The first-order valence-corrected chi connectivity index (χ1v) is 11.2. The van der Waals surface area contributed by atoms with Gasteiger partial charge in [0.2, 0.25) is 5.91 Å². The smallest absolute Gasteiger partial charge is 0.266 e. The average Bonchev–Trinajstić information content (AvgIpc) is 3.26. The Labute approximate surface area is 203 Å². The minimum Gasteiger partial charge on any atom is -0.273 e. The maximum Gasteiger partial charge on any atom is 0.266 e. The molecule has 2 saturated heterocycles. The van der Waals surface area contributed by atoms with Crippen LogP contribution in [0.15, 0.2) is 66.7 Å². The number of anilines is 2. The molecule has 2 aliphatic heterocycles. The Morgan fingerprint density at radius 1 is 0.750 bits per heavy atom. The summed E-state index contributed by atoms with van der Waals surface area (Å²) in [5, 5.41) is 2.77. The molecule has 2 amide bonds. The van der Waals surface area contributed by atoms with Crippen LogP contribution in [0.4, 0.5) is 11.4 Å². The van der Waals surface area contributed by atoms with Crippen LogP contribution in [0.2, 0.25) is 20.1 Å². The number of carbonyl (C=O) groups excluding carboxylic acids is 2. The predicted molar refractivity (Wildman–Crippen MR) is 125 cm³/mol. The van der Waals surface area contributed by atoms with Gasteiger partial charge in [0, 0.05) is 10.0 Å². The highest BCUT2D eigenvalue weighted by Crippen LogP contribution is 2.50. The lowest BCUT2D eigenvalue weighted by atomic mass is 9.90. The number of imide groups is 1. The van der Waals surface area contributed by atoms with Crippen LogP contribution in [0.1, 0.15) is 11.6 Å². The van der Waals surface area contributed by atoms with Crippen molar-refractivity contribution in [2.75, 3.05) is 9.96 Å². The van der Waals surface area contributed by atoms with Crippen LogP contribution in [-0.4, -0.2) is 17.9 Å². The van der Waals surface area contributed by atoms with Crippen LogP contribution in [0, 0.1) is 5.92 Å². The molecule has 2 fully saturated rings. The first-order valence-electron chi connectivity index (χ1n) is 9.66. The Morgan fingerprint density at radius 3 is 2.09 bits per heavy atom. The van der Waals surface area contributed by atoms with Gasteiger partial charge < -0.3 is 0 Å². The van der Waals surface area contributed by atoms with E-state index in [1.54, 1.807) is 41.5 Å². The number of amides is 2. The van der Waals surface area contributed by atoms with Gasteiger partial charge in [0.05, 0.1) is 27.5 Å². The standard InChI is InChI=1S/C23H14Cl4N2O3/c24-12-9-10-14(17(27)11-12)19-18-21(32-29(19)13-5-2-1-3-6-13)23(31)28(22(18)30)20-15(25)7-4-8-16(20)26/h1-11,18-19,21H/t18-,19-,21+/m0/s1. The van der Waals surface area contributed by atoms with Crippen LogP contribution in [0.3, 0.4) is 0 Å². The van der Waals surface area contributed by atoms with Crippen molar-refractivity contribution in [3.63, 3.8) is 0 Å². The van der Waals surface area contributed by atoms with E-state index in [-0.39, 0.29) is 15.7 Å². The minimum atomic E-state index is -1.06. The van der Waals surface area contributed by atoms with Gasteiger partial charge in [-0.25, -0.2) is 9.96 Å². The number of fused-ring (bicyclic) bond motifs is 1. The van der Waals surface area contributed by atoms with E-state index < -0.39 is 29.9 Å². The van der Waals surface area contributed by atoms with Crippen LogP contribution in [0.25, 0.3) is 0 Å². The fourth-order valence-electron chi connectivity index (χ4n) is 4.19. The topological polar surface area (TPSA) is 49.9 Å². The maximum atomic E-state index is 13.7. The highest BCUT2D eigenvalue weighted by molar-refractivity contribution is 6.42. The normalized spacial score (nSPS) is 22.6. The highest BCUT2D eigenvalue weighted by Gasteiger charge is 2.61. The van der Waals surface area contributed by atoms with Gasteiger partial charge in [-0.15, -0.1) is 0 Å². The monoisotopic (exact) mass is 506 g/mol. The third-order valence-corrected chi connectivity index (χ3v) is 6.74. The summed E-state index contributed by atoms with van der Waals surface area (Å²) in [4.78, 5) is 34.1. The Hall–Kier alpha value is -2.28. The Balaban J connectivity index is 1.64. The molecule has 32 heavy (non-hydrogen) atoms. The summed E-state index contributed by atoms with van der Waals surface area (Å²) in [6.45, 7) is 0. The van der Waals surface area contributed by atoms with Gasteiger partial charge in [-0.05, 0) is 42.0 Å². The second-order valence-electron chi connectivity index (χ2n) is 7.41. The first kappa shape index (κ1) is 21.6. The van der Waals surface area contributed by atoms with Crippen LogP contribution < -0.4 is 9.96 Å². The molecular weight excluding hydrogens is 494 g/mol. The van der Waals surface area contributed by atoms with Crippen LogP contribution >= 0.6 is 46.4 Å². The molecule has 2 aliphatic rings. The Morgan fingerprint density at radius 2 is 1.44 bits per heavy atom. The van der Waals surface area contributed by atoms with E-state index in [1.807, 2.05) is 30.3 Å². The molecule has 5 nitrogen and oxygen atoms in total. The second-order valence-corrected chi connectivity index (χ2v) is 9.06. The molecule has 9 heteroatoms. The van der Waals surface area contributed by atoms with E-state index in [0.29, 0.717) is 21.3 Å². The third-order valence-electron chi connectivity index (χ3n) is 5.57. The number of hydroxylamine groups is 1. The van der Waals surface area contributed by atoms with Crippen LogP contribution in [-0.2, 0) is 14.4 Å². The molecule has 162 valence electrons. The van der Waals surface area contributed by atoms with Crippen molar-refractivity contribution >= 4 is 69.6 Å². The Bertz CT molecular complexity index is 1220. The number of benzene rings is 3. The van der Waals surface area contributed by atoms with Gasteiger partial charge in [0.25, 0.3) is 5.91 Å². The summed E-state index contributed by atoms with van der Waals surface area (Å²) < 4.78 is 0. The summed E-state index contributed by atoms with van der Waals surface area (Å²) in [6.07, 6.45) is -1.06. The van der Waals surface area contributed by atoms with Crippen molar-refractivity contribution in [2.24, 2.45) is 5.92 Å². The lowest BCUT2D eigenvalue weighted by Crippen LogP contribution is -2.37. The summed E-state index contributed by atoms with van der Waals surface area (Å²) in [7, 11) is 0. The third kappa shape index (κ3) is 3.36. The number of hydrogen-bond donors (Lipinski definition) is 0. The minimum absolute atomic E-state index is 0.149. The largest absolute Gasteiger partial charge is 0.273 e. The maximum absolute atomic E-state index is 13.7. The molecule has 0 aliphatic carbocycles. The summed E-state index contributed by atoms with van der Waals surface area (Å²) >= 11 is 25.2. The molecule has 0 saturated carbocycles. The highest BCUT2D eigenvalue weighted by atomic mass is 35.5. The molecule has 0 unspecified atom stereocenters. The number of rotatable bonds is 3. The number of halogens is 4. The second kappa shape index (κ2) is 8.25. The molecule has 0 aromatic heterocycles.